The first-order valence-electron chi connectivity index (χ1n) is 8.87. The van der Waals surface area contributed by atoms with Crippen LogP contribution in [-0.4, -0.2) is 31.2 Å². The molecule has 0 radical (unpaired) electrons. The van der Waals surface area contributed by atoms with E-state index < -0.39 is 11.7 Å². The zero-order valence-electron chi connectivity index (χ0n) is 15.2. The normalized spacial score (nSPS) is 15.6. The van der Waals surface area contributed by atoms with Gasteiger partial charge in [0.05, 0.1) is 15.8 Å². The Labute approximate surface area is 160 Å². The number of aromatic nitrogens is 1. The van der Waals surface area contributed by atoms with Crippen molar-refractivity contribution in [1.82, 2.24) is 4.98 Å². The Hall–Kier alpha value is -2.28. The number of fused-ring (bicyclic) bond motifs is 1. The van der Waals surface area contributed by atoms with E-state index in [9.17, 15) is 13.2 Å². The van der Waals surface area contributed by atoms with Crippen molar-refractivity contribution in [2.45, 2.75) is 20.0 Å². The number of anilines is 2. The highest BCUT2D eigenvalue weighted by molar-refractivity contribution is 7.22. The maximum absolute atomic E-state index is 13.0. The smallest absolute Gasteiger partial charge is 0.368 e. The second-order valence-corrected chi connectivity index (χ2v) is 7.87. The Bertz CT molecular complexity index is 933. The fourth-order valence-electron chi connectivity index (χ4n) is 3.42. The lowest BCUT2D eigenvalue weighted by molar-refractivity contribution is -0.137. The van der Waals surface area contributed by atoms with E-state index in [-0.39, 0.29) is 0 Å². The van der Waals surface area contributed by atoms with Crippen LogP contribution in [0.5, 0.6) is 0 Å². The van der Waals surface area contributed by atoms with Gasteiger partial charge in [0.25, 0.3) is 0 Å². The lowest BCUT2D eigenvalue weighted by atomic mass is 10.1. The molecule has 0 atom stereocenters. The van der Waals surface area contributed by atoms with Crippen molar-refractivity contribution in [3.05, 3.63) is 53.1 Å². The minimum atomic E-state index is -4.31. The molecule has 27 heavy (non-hydrogen) atoms. The summed E-state index contributed by atoms with van der Waals surface area (Å²) >= 11 is 1.69. The molecule has 0 amide bonds. The third kappa shape index (κ3) is 3.48. The highest BCUT2D eigenvalue weighted by Gasteiger charge is 2.31. The van der Waals surface area contributed by atoms with Gasteiger partial charge in [0.1, 0.15) is 0 Å². The molecule has 0 spiro atoms. The molecular formula is C20H20F3N3S. The molecule has 0 aliphatic carbocycles. The predicted octanol–water partition coefficient (Wildman–Crippen LogP) is 5.26. The van der Waals surface area contributed by atoms with Crippen LogP contribution < -0.4 is 9.80 Å². The molecule has 1 saturated heterocycles. The van der Waals surface area contributed by atoms with Crippen LogP contribution in [0.1, 0.15) is 16.7 Å². The van der Waals surface area contributed by atoms with Crippen LogP contribution >= 0.6 is 11.3 Å². The summed E-state index contributed by atoms with van der Waals surface area (Å²) in [5, 5.41) is 0.992. The van der Waals surface area contributed by atoms with E-state index >= 15 is 0 Å². The van der Waals surface area contributed by atoms with E-state index in [0.29, 0.717) is 18.8 Å². The van der Waals surface area contributed by atoms with Gasteiger partial charge in [-0.3, -0.25) is 0 Å². The standard InChI is InChI=1S/C20H20F3N3S/c1-13-6-7-14(2)18-17(13)24-19(27-18)26-10-8-25(9-11-26)16-5-3-4-15(12-16)20(21,22)23/h3-7,12H,8-11H2,1-2H3. The Kier molecular flexibility index (Phi) is 4.50. The molecule has 0 saturated carbocycles. The summed E-state index contributed by atoms with van der Waals surface area (Å²) in [6.07, 6.45) is -4.31. The molecule has 1 aromatic heterocycles. The molecular weight excluding hydrogens is 371 g/mol. The van der Waals surface area contributed by atoms with Gasteiger partial charge >= 0.3 is 6.18 Å². The van der Waals surface area contributed by atoms with Crippen molar-refractivity contribution < 1.29 is 13.2 Å². The Balaban J connectivity index is 1.51. The van der Waals surface area contributed by atoms with E-state index in [1.807, 2.05) is 4.90 Å². The summed E-state index contributed by atoms with van der Waals surface area (Å²) in [5.74, 6) is 0. The van der Waals surface area contributed by atoms with Gasteiger partial charge in [-0.05, 0) is 43.2 Å². The lowest BCUT2D eigenvalue weighted by Gasteiger charge is -2.36. The number of alkyl halides is 3. The van der Waals surface area contributed by atoms with Crippen LogP contribution in [-0.2, 0) is 6.18 Å². The van der Waals surface area contributed by atoms with Crippen molar-refractivity contribution in [1.29, 1.82) is 0 Å². The molecule has 1 aliphatic heterocycles. The first-order valence-corrected chi connectivity index (χ1v) is 9.68. The number of piperazine rings is 1. The predicted molar refractivity (Wildman–Crippen MR) is 105 cm³/mol. The summed E-state index contributed by atoms with van der Waals surface area (Å²) in [5.41, 5.74) is 3.47. The van der Waals surface area contributed by atoms with Gasteiger partial charge in [0.2, 0.25) is 0 Å². The highest BCUT2D eigenvalue weighted by atomic mass is 32.1. The van der Waals surface area contributed by atoms with Crippen LogP contribution in [0.3, 0.4) is 0 Å². The van der Waals surface area contributed by atoms with Gasteiger partial charge in [0, 0.05) is 31.9 Å². The monoisotopic (exact) mass is 391 g/mol. The van der Waals surface area contributed by atoms with Crippen LogP contribution in [0.25, 0.3) is 10.2 Å². The van der Waals surface area contributed by atoms with E-state index in [2.05, 4.69) is 30.9 Å². The molecule has 142 valence electrons. The average Bonchev–Trinajstić information content (AvgIpc) is 3.11. The Morgan fingerprint density at radius 2 is 1.59 bits per heavy atom. The second-order valence-electron chi connectivity index (χ2n) is 6.90. The number of rotatable bonds is 2. The van der Waals surface area contributed by atoms with Crippen molar-refractivity contribution >= 4 is 32.4 Å². The van der Waals surface area contributed by atoms with Crippen molar-refractivity contribution in [3.8, 4) is 0 Å². The molecule has 3 nitrogen and oxygen atoms in total. The molecule has 4 rings (SSSR count). The zero-order valence-corrected chi connectivity index (χ0v) is 16.0. The van der Waals surface area contributed by atoms with Crippen molar-refractivity contribution in [3.63, 3.8) is 0 Å². The van der Waals surface area contributed by atoms with Crippen molar-refractivity contribution in [2.75, 3.05) is 36.0 Å². The summed E-state index contributed by atoms with van der Waals surface area (Å²) in [4.78, 5) is 9.06. The molecule has 0 bridgehead atoms. The van der Waals surface area contributed by atoms with Gasteiger partial charge in [-0.15, -0.1) is 0 Å². The molecule has 0 N–H and O–H groups in total. The number of benzene rings is 2. The third-order valence-corrected chi connectivity index (χ3v) is 6.27. The first kappa shape index (κ1) is 18.1. The summed E-state index contributed by atoms with van der Waals surface area (Å²) in [6.45, 7) is 7.00. The minimum absolute atomic E-state index is 0.598. The fraction of sp³-hybridized carbons (Fsp3) is 0.350. The largest absolute Gasteiger partial charge is 0.416 e. The molecule has 0 unspecified atom stereocenters. The van der Waals surface area contributed by atoms with E-state index in [0.717, 1.165) is 29.8 Å². The third-order valence-electron chi connectivity index (χ3n) is 5.02. The number of aryl methyl sites for hydroxylation is 2. The van der Waals surface area contributed by atoms with Gasteiger partial charge in [-0.25, -0.2) is 4.98 Å². The first-order chi connectivity index (χ1) is 12.8. The number of thiazole rings is 1. The molecule has 3 aromatic rings. The molecule has 2 heterocycles. The van der Waals surface area contributed by atoms with Crippen molar-refractivity contribution in [2.24, 2.45) is 0 Å². The molecule has 1 aliphatic rings. The maximum atomic E-state index is 13.0. The summed E-state index contributed by atoms with van der Waals surface area (Å²) < 4.78 is 40.1. The molecule has 2 aromatic carbocycles. The molecule has 1 fully saturated rings. The van der Waals surface area contributed by atoms with Gasteiger partial charge in [-0.1, -0.05) is 29.5 Å². The van der Waals surface area contributed by atoms with Crippen LogP contribution in [0, 0.1) is 13.8 Å². The second kappa shape index (κ2) is 6.71. The summed E-state index contributed by atoms with van der Waals surface area (Å²) in [7, 11) is 0. The Morgan fingerprint density at radius 1 is 0.926 bits per heavy atom. The topological polar surface area (TPSA) is 19.4 Å². The van der Waals surface area contributed by atoms with Crippen LogP contribution in [0.2, 0.25) is 0 Å². The van der Waals surface area contributed by atoms with Crippen LogP contribution in [0.15, 0.2) is 36.4 Å². The quantitative estimate of drug-likeness (QED) is 0.594. The van der Waals surface area contributed by atoms with E-state index in [4.69, 9.17) is 4.98 Å². The number of halogens is 3. The number of hydrogen-bond donors (Lipinski definition) is 0. The zero-order chi connectivity index (χ0) is 19.2. The lowest BCUT2D eigenvalue weighted by Crippen LogP contribution is -2.46. The van der Waals surface area contributed by atoms with E-state index in [1.54, 1.807) is 17.4 Å². The van der Waals surface area contributed by atoms with E-state index in [1.165, 1.54) is 28.0 Å². The SMILES string of the molecule is Cc1ccc(C)c2sc(N3CCN(c4cccc(C(F)(F)F)c4)CC3)nc12. The summed E-state index contributed by atoms with van der Waals surface area (Å²) in [6, 6.07) is 9.78. The Morgan fingerprint density at radius 3 is 2.26 bits per heavy atom. The minimum Gasteiger partial charge on any atom is -0.368 e. The molecule has 7 heteroatoms. The van der Waals surface area contributed by atoms with Crippen LogP contribution in [0.4, 0.5) is 24.0 Å². The highest BCUT2D eigenvalue weighted by Crippen LogP contribution is 2.35. The van der Waals surface area contributed by atoms with Gasteiger partial charge in [0.15, 0.2) is 5.13 Å². The van der Waals surface area contributed by atoms with Gasteiger partial charge in [-0.2, -0.15) is 13.2 Å². The number of nitrogens with zero attached hydrogens (tertiary/aromatic N) is 3. The average molecular weight is 391 g/mol. The fourth-order valence-corrected chi connectivity index (χ4v) is 4.58. The number of hydrogen-bond acceptors (Lipinski definition) is 4. The van der Waals surface area contributed by atoms with Gasteiger partial charge < -0.3 is 9.80 Å². The maximum Gasteiger partial charge on any atom is 0.416 e.